The lowest BCUT2D eigenvalue weighted by atomic mass is 10.1. The Kier molecular flexibility index (Phi) is 6.97. The minimum atomic E-state index is -4.56. The third-order valence-corrected chi connectivity index (χ3v) is 5.49. The van der Waals surface area contributed by atoms with Crippen LogP contribution in [0.4, 0.5) is 24.7 Å². The van der Waals surface area contributed by atoms with E-state index in [9.17, 15) is 18.0 Å². The summed E-state index contributed by atoms with van der Waals surface area (Å²) in [6.07, 6.45) is -4.56. The van der Waals surface area contributed by atoms with Gasteiger partial charge in [0.05, 0.1) is 11.3 Å². The first kappa shape index (κ1) is 23.5. The second-order valence-corrected chi connectivity index (χ2v) is 7.98. The quantitative estimate of drug-likeness (QED) is 0.588. The molecular formula is C24H24F3N5O2. The van der Waals surface area contributed by atoms with Gasteiger partial charge in [-0.2, -0.15) is 13.2 Å². The zero-order chi connectivity index (χ0) is 24.1. The van der Waals surface area contributed by atoms with Crippen LogP contribution in [0.5, 0.6) is 5.75 Å². The summed E-state index contributed by atoms with van der Waals surface area (Å²) in [5.41, 5.74) is 1.09. The highest BCUT2D eigenvalue weighted by molar-refractivity contribution is 5.92. The first-order valence-corrected chi connectivity index (χ1v) is 10.8. The molecule has 3 aromatic rings. The number of hydrogen-bond acceptors (Lipinski definition) is 6. The zero-order valence-corrected chi connectivity index (χ0v) is 18.5. The molecule has 1 amide bonds. The van der Waals surface area contributed by atoms with E-state index in [1.807, 2.05) is 12.1 Å². The highest BCUT2D eigenvalue weighted by atomic mass is 19.4. The Morgan fingerprint density at radius 3 is 2.32 bits per heavy atom. The van der Waals surface area contributed by atoms with Gasteiger partial charge in [-0.1, -0.05) is 24.3 Å². The molecule has 1 aliphatic heterocycles. The van der Waals surface area contributed by atoms with Crippen molar-refractivity contribution >= 4 is 17.4 Å². The molecule has 0 spiro atoms. The topological polar surface area (TPSA) is 70.6 Å². The third-order valence-electron chi connectivity index (χ3n) is 5.49. The molecule has 1 fully saturated rings. The number of piperazine rings is 1. The maximum absolute atomic E-state index is 13.0. The van der Waals surface area contributed by atoms with E-state index in [1.54, 1.807) is 24.3 Å². The molecule has 2 heterocycles. The van der Waals surface area contributed by atoms with E-state index in [1.165, 1.54) is 18.2 Å². The lowest BCUT2D eigenvalue weighted by molar-refractivity contribution is -0.139. The molecule has 10 heteroatoms. The number of amides is 1. The van der Waals surface area contributed by atoms with Crippen LogP contribution in [-0.2, 0) is 11.0 Å². The first-order valence-electron chi connectivity index (χ1n) is 10.8. The number of aromatic nitrogens is 2. The fourth-order valence-corrected chi connectivity index (χ4v) is 3.57. The van der Waals surface area contributed by atoms with Crippen LogP contribution in [-0.4, -0.2) is 60.8 Å². The fourth-order valence-electron chi connectivity index (χ4n) is 3.57. The first-order chi connectivity index (χ1) is 16.3. The van der Waals surface area contributed by atoms with Crippen molar-refractivity contribution < 1.29 is 22.7 Å². The number of hydrogen-bond donors (Lipinski definition) is 1. The van der Waals surface area contributed by atoms with Crippen molar-refractivity contribution in [2.75, 3.05) is 50.1 Å². The Balaban J connectivity index is 1.33. The summed E-state index contributed by atoms with van der Waals surface area (Å²) < 4.78 is 44.2. The van der Waals surface area contributed by atoms with Gasteiger partial charge in [0, 0.05) is 37.4 Å². The van der Waals surface area contributed by atoms with Crippen LogP contribution in [0.3, 0.4) is 0 Å². The van der Waals surface area contributed by atoms with Crippen molar-refractivity contribution in [1.29, 1.82) is 0 Å². The summed E-state index contributed by atoms with van der Waals surface area (Å²) >= 11 is 0. The van der Waals surface area contributed by atoms with Gasteiger partial charge in [-0.3, -0.25) is 4.79 Å². The predicted octanol–water partition coefficient (Wildman–Crippen LogP) is 3.93. The maximum atomic E-state index is 13.0. The van der Waals surface area contributed by atoms with E-state index >= 15 is 0 Å². The Bertz CT molecular complexity index is 1110. The number of para-hydroxylation sites is 1. The number of anilines is 2. The van der Waals surface area contributed by atoms with Crippen LogP contribution in [0.15, 0.2) is 60.7 Å². The summed E-state index contributed by atoms with van der Waals surface area (Å²) in [5, 5.41) is 11.3. The Labute approximate surface area is 195 Å². The second-order valence-electron chi connectivity index (χ2n) is 7.98. The molecule has 0 bridgehead atoms. The number of carbonyl (C=O) groups excluding carboxylic acids is 1. The Hall–Kier alpha value is -3.66. The fraction of sp³-hybridized carbons (Fsp3) is 0.292. The molecule has 0 aliphatic carbocycles. The monoisotopic (exact) mass is 471 g/mol. The van der Waals surface area contributed by atoms with Gasteiger partial charge >= 0.3 is 6.18 Å². The zero-order valence-electron chi connectivity index (χ0n) is 18.5. The summed E-state index contributed by atoms with van der Waals surface area (Å²) in [7, 11) is 2.10. The number of ether oxygens (including phenoxy) is 1. The van der Waals surface area contributed by atoms with E-state index in [4.69, 9.17) is 4.74 Å². The number of carbonyl (C=O) groups is 1. The van der Waals surface area contributed by atoms with E-state index < -0.39 is 24.3 Å². The van der Waals surface area contributed by atoms with Gasteiger partial charge in [-0.25, -0.2) is 0 Å². The van der Waals surface area contributed by atoms with Crippen molar-refractivity contribution in [3.63, 3.8) is 0 Å². The highest BCUT2D eigenvalue weighted by Crippen LogP contribution is 2.35. The molecule has 7 nitrogen and oxygen atoms in total. The van der Waals surface area contributed by atoms with Crippen molar-refractivity contribution in [3.8, 4) is 17.0 Å². The maximum Gasteiger partial charge on any atom is 0.419 e. The van der Waals surface area contributed by atoms with E-state index in [0.29, 0.717) is 11.4 Å². The highest BCUT2D eigenvalue weighted by Gasteiger charge is 2.34. The van der Waals surface area contributed by atoms with E-state index in [0.717, 1.165) is 43.6 Å². The van der Waals surface area contributed by atoms with Gasteiger partial charge in [0.2, 0.25) is 0 Å². The van der Waals surface area contributed by atoms with Crippen LogP contribution < -0.4 is 15.0 Å². The molecule has 0 saturated carbocycles. The van der Waals surface area contributed by atoms with Crippen LogP contribution in [0, 0.1) is 0 Å². The van der Waals surface area contributed by atoms with E-state index in [-0.39, 0.29) is 5.75 Å². The molecular weight excluding hydrogens is 447 g/mol. The van der Waals surface area contributed by atoms with Crippen LogP contribution in [0.2, 0.25) is 0 Å². The normalized spacial score (nSPS) is 14.6. The second kappa shape index (κ2) is 10.1. The van der Waals surface area contributed by atoms with Crippen LogP contribution >= 0.6 is 0 Å². The molecule has 0 unspecified atom stereocenters. The number of rotatable bonds is 6. The van der Waals surface area contributed by atoms with Gasteiger partial charge in [0.1, 0.15) is 5.75 Å². The average Bonchev–Trinajstić information content (AvgIpc) is 2.83. The summed E-state index contributed by atoms with van der Waals surface area (Å²) in [4.78, 5) is 16.6. The molecule has 1 aromatic heterocycles. The van der Waals surface area contributed by atoms with Crippen molar-refractivity contribution in [2.24, 2.45) is 0 Å². The summed E-state index contributed by atoms with van der Waals surface area (Å²) in [6, 6.07) is 15.6. The standard InChI is InChI=1S/C24H24F3N5O2/c1-31-12-14-32(15-13-31)22-11-10-20(29-30-22)17-6-8-18(9-7-17)28-23(33)16-34-21-5-3-2-4-19(21)24(25,26)27/h2-11H,12-16H2,1H3,(H,28,33). The van der Waals surface area contributed by atoms with Gasteiger partial charge < -0.3 is 19.9 Å². The molecule has 1 N–H and O–H groups in total. The molecule has 34 heavy (non-hydrogen) atoms. The SMILES string of the molecule is CN1CCN(c2ccc(-c3ccc(NC(=O)COc4ccccc4C(F)(F)F)cc3)nn2)CC1. The molecule has 178 valence electrons. The third kappa shape index (κ3) is 5.82. The van der Waals surface area contributed by atoms with Crippen LogP contribution in [0.1, 0.15) is 5.56 Å². The number of alkyl halides is 3. The molecule has 2 aromatic carbocycles. The predicted molar refractivity (Wildman–Crippen MR) is 123 cm³/mol. The van der Waals surface area contributed by atoms with Gasteiger partial charge in [-0.05, 0) is 43.4 Å². The summed E-state index contributed by atoms with van der Waals surface area (Å²) in [5.74, 6) is -0.118. The number of nitrogens with one attached hydrogen (secondary N) is 1. The smallest absolute Gasteiger partial charge is 0.419 e. The Morgan fingerprint density at radius 1 is 0.971 bits per heavy atom. The minimum absolute atomic E-state index is 0.390. The average molecular weight is 471 g/mol. The molecule has 1 saturated heterocycles. The number of likely N-dealkylation sites (N-methyl/N-ethyl adjacent to an activating group) is 1. The van der Waals surface area contributed by atoms with E-state index in [2.05, 4.69) is 32.4 Å². The van der Waals surface area contributed by atoms with Crippen molar-refractivity contribution in [2.45, 2.75) is 6.18 Å². The lowest BCUT2D eigenvalue weighted by Crippen LogP contribution is -2.44. The largest absolute Gasteiger partial charge is 0.483 e. The van der Waals surface area contributed by atoms with Gasteiger partial charge in [0.25, 0.3) is 5.91 Å². The summed E-state index contributed by atoms with van der Waals surface area (Å²) in [6.45, 7) is 3.23. The number of nitrogens with zero attached hydrogens (tertiary/aromatic N) is 4. The molecule has 0 radical (unpaired) electrons. The Morgan fingerprint density at radius 2 is 1.68 bits per heavy atom. The van der Waals surface area contributed by atoms with Gasteiger partial charge in [0.15, 0.2) is 12.4 Å². The van der Waals surface area contributed by atoms with Crippen molar-refractivity contribution in [3.05, 3.63) is 66.2 Å². The minimum Gasteiger partial charge on any atom is -0.483 e. The van der Waals surface area contributed by atoms with Crippen LogP contribution in [0.25, 0.3) is 11.3 Å². The molecule has 1 aliphatic rings. The van der Waals surface area contributed by atoms with Crippen molar-refractivity contribution in [1.82, 2.24) is 15.1 Å². The lowest BCUT2D eigenvalue weighted by Gasteiger charge is -2.32. The number of halogens is 3. The molecule has 4 rings (SSSR count). The number of benzene rings is 2. The van der Waals surface area contributed by atoms with Gasteiger partial charge in [-0.15, -0.1) is 10.2 Å². The molecule has 0 atom stereocenters.